The number of hydrogen-bond donors (Lipinski definition) is 3. The van der Waals surface area contributed by atoms with E-state index in [1.54, 1.807) is 0 Å². The highest BCUT2D eigenvalue weighted by Gasteiger charge is 2.37. The summed E-state index contributed by atoms with van der Waals surface area (Å²) in [6.45, 7) is 2.34. The van der Waals surface area contributed by atoms with E-state index in [4.69, 9.17) is 5.73 Å². The second-order valence-corrected chi connectivity index (χ2v) is 7.60. The second kappa shape index (κ2) is 9.67. The molecule has 1 aliphatic heterocycles. The first-order valence-electron chi connectivity index (χ1n) is 10.1. The van der Waals surface area contributed by atoms with Gasteiger partial charge in [-0.3, -0.25) is 9.59 Å². The Hall–Kier alpha value is -2.70. The van der Waals surface area contributed by atoms with Gasteiger partial charge in [0.25, 0.3) is 0 Å². The predicted octanol–water partition coefficient (Wildman–Crippen LogP) is 1.40. The molecule has 0 bridgehead atoms. The summed E-state index contributed by atoms with van der Waals surface area (Å²) in [6.07, 6.45) is 1.16. The number of benzene rings is 2. The Kier molecular flexibility index (Phi) is 7.01. The fourth-order valence-electron chi connectivity index (χ4n) is 3.65. The Morgan fingerprint density at radius 1 is 1.14 bits per heavy atom. The van der Waals surface area contributed by atoms with Crippen LogP contribution in [0.2, 0.25) is 0 Å². The number of amides is 2. The van der Waals surface area contributed by atoms with Gasteiger partial charge in [-0.05, 0) is 36.5 Å². The molecule has 4 N–H and O–H groups in total. The van der Waals surface area contributed by atoms with E-state index in [9.17, 15) is 14.7 Å². The van der Waals surface area contributed by atoms with Crippen LogP contribution in [-0.4, -0.2) is 46.6 Å². The fraction of sp³-hybridized carbons (Fsp3) is 0.391. The van der Waals surface area contributed by atoms with E-state index in [-0.39, 0.29) is 5.91 Å². The summed E-state index contributed by atoms with van der Waals surface area (Å²) in [5, 5.41) is 12.7. The summed E-state index contributed by atoms with van der Waals surface area (Å²) in [6, 6.07) is 16.2. The van der Waals surface area contributed by atoms with Crippen LogP contribution < -0.4 is 11.1 Å². The molecule has 2 aromatic rings. The molecule has 29 heavy (non-hydrogen) atoms. The number of nitrogens with one attached hydrogen (secondary N) is 1. The Labute approximate surface area is 171 Å². The zero-order chi connectivity index (χ0) is 20.8. The smallest absolute Gasteiger partial charge is 0.243 e. The number of hydrogen-bond acceptors (Lipinski definition) is 4. The summed E-state index contributed by atoms with van der Waals surface area (Å²) in [5.41, 5.74) is 9.18. The maximum atomic E-state index is 12.9. The topological polar surface area (TPSA) is 95.7 Å². The highest BCUT2D eigenvalue weighted by molar-refractivity contribution is 5.90. The van der Waals surface area contributed by atoms with Gasteiger partial charge in [0.15, 0.2) is 0 Å². The summed E-state index contributed by atoms with van der Waals surface area (Å²) in [5.74, 6) is -0.586. The Morgan fingerprint density at radius 3 is 2.48 bits per heavy atom. The first-order chi connectivity index (χ1) is 14.0. The molecule has 0 spiro atoms. The average Bonchev–Trinajstić information content (AvgIpc) is 2.75. The standard InChI is InChI=1S/C23H29N3O3/c1-16(27)21(24)23(29)26-15-19-12-6-5-11-18(19)14-20(26)22(28)25-13-7-10-17-8-3-2-4-9-17/h2-6,8-9,11-12,16,20-21,27H,7,10,13-15,24H2,1H3,(H,25,28)/t16-,20+,21+/m1/s1. The Bertz CT molecular complexity index is 838. The molecule has 0 aromatic heterocycles. The molecule has 6 nitrogen and oxygen atoms in total. The highest BCUT2D eigenvalue weighted by Crippen LogP contribution is 2.24. The van der Waals surface area contributed by atoms with Crippen LogP contribution in [-0.2, 0) is 29.0 Å². The lowest BCUT2D eigenvalue weighted by Gasteiger charge is -2.37. The van der Waals surface area contributed by atoms with Crippen molar-refractivity contribution < 1.29 is 14.7 Å². The van der Waals surface area contributed by atoms with Crippen molar-refractivity contribution in [1.29, 1.82) is 0 Å². The number of nitrogens with two attached hydrogens (primary N) is 1. The lowest BCUT2D eigenvalue weighted by molar-refractivity contribution is -0.144. The molecule has 6 heteroatoms. The number of aryl methyl sites for hydroxylation is 1. The molecular weight excluding hydrogens is 366 g/mol. The minimum Gasteiger partial charge on any atom is -0.391 e. The molecule has 2 aromatic carbocycles. The fourth-order valence-corrected chi connectivity index (χ4v) is 3.65. The molecule has 1 heterocycles. The molecule has 0 saturated carbocycles. The van der Waals surface area contributed by atoms with E-state index < -0.39 is 24.1 Å². The maximum absolute atomic E-state index is 12.9. The van der Waals surface area contributed by atoms with Crippen LogP contribution in [0.5, 0.6) is 0 Å². The molecule has 3 rings (SSSR count). The molecule has 2 amide bonds. The van der Waals surface area contributed by atoms with E-state index >= 15 is 0 Å². The monoisotopic (exact) mass is 395 g/mol. The van der Waals surface area contributed by atoms with Crippen LogP contribution in [0.3, 0.4) is 0 Å². The number of aliphatic hydroxyl groups excluding tert-OH is 1. The van der Waals surface area contributed by atoms with Gasteiger partial charge >= 0.3 is 0 Å². The molecule has 3 atom stereocenters. The van der Waals surface area contributed by atoms with E-state index in [0.717, 1.165) is 24.0 Å². The maximum Gasteiger partial charge on any atom is 0.243 e. The van der Waals surface area contributed by atoms with Crippen LogP contribution in [0.1, 0.15) is 30.0 Å². The summed E-state index contributed by atoms with van der Waals surface area (Å²) in [7, 11) is 0. The van der Waals surface area contributed by atoms with Crippen molar-refractivity contribution in [2.24, 2.45) is 5.73 Å². The third-order valence-corrected chi connectivity index (χ3v) is 5.42. The first kappa shape index (κ1) is 21.0. The number of carbonyl (C=O) groups is 2. The molecular formula is C23H29N3O3. The number of fused-ring (bicyclic) bond motifs is 1. The third kappa shape index (κ3) is 5.22. The van der Waals surface area contributed by atoms with Crippen LogP contribution in [0.4, 0.5) is 0 Å². The number of aliphatic hydroxyl groups is 1. The van der Waals surface area contributed by atoms with Crippen LogP contribution >= 0.6 is 0 Å². The molecule has 0 aliphatic carbocycles. The molecule has 0 unspecified atom stereocenters. The van der Waals surface area contributed by atoms with Gasteiger partial charge in [-0.2, -0.15) is 0 Å². The van der Waals surface area contributed by atoms with Crippen LogP contribution in [0, 0.1) is 0 Å². The quantitative estimate of drug-likeness (QED) is 0.618. The van der Waals surface area contributed by atoms with Gasteiger partial charge in [-0.25, -0.2) is 0 Å². The normalized spacial score (nSPS) is 17.9. The SMILES string of the molecule is C[C@@H](O)[C@H](N)C(=O)N1Cc2ccccc2C[C@H]1C(=O)NCCCc1ccccc1. The van der Waals surface area contributed by atoms with Gasteiger partial charge in [-0.1, -0.05) is 54.6 Å². The molecule has 0 fully saturated rings. The Balaban J connectivity index is 1.66. The zero-order valence-electron chi connectivity index (χ0n) is 16.8. The minimum atomic E-state index is -1.05. The first-order valence-corrected chi connectivity index (χ1v) is 10.1. The van der Waals surface area contributed by atoms with E-state index in [1.165, 1.54) is 17.4 Å². The number of rotatable bonds is 7. The van der Waals surface area contributed by atoms with Crippen molar-refractivity contribution in [2.75, 3.05) is 6.54 Å². The highest BCUT2D eigenvalue weighted by atomic mass is 16.3. The van der Waals surface area contributed by atoms with Gasteiger partial charge in [0.2, 0.25) is 11.8 Å². The van der Waals surface area contributed by atoms with Crippen molar-refractivity contribution in [1.82, 2.24) is 10.2 Å². The van der Waals surface area contributed by atoms with Crippen molar-refractivity contribution in [3.63, 3.8) is 0 Å². The van der Waals surface area contributed by atoms with Gasteiger partial charge < -0.3 is 21.1 Å². The number of carbonyl (C=O) groups excluding carboxylic acids is 2. The van der Waals surface area contributed by atoms with Crippen molar-refractivity contribution in [3.8, 4) is 0 Å². The van der Waals surface area contributed by atoms with Crippen LogP contribution in [0.25, 0.3) is 0 Å². The van der Waals surface area contributed by atoms with Crippen LogP contribution in [0.15, 0.2) is 54.6 Å². The summed E-state index contributed by atoms with van der Waals surface area (Å²) >= 11 is 0. The Morgan fingerprint density at radius 2 is 1.79 bits per heavy atom. The van der Waals surface area contributed by atoms with Crippen molar-refractivity contribution in [2.45, 2.75) is 50.9 Å². The second-order valence-electron chi connectivity index (χ2n) is 7.60. The molecule has 0 saturated heterocycles. The largest absolute Gasteiger partial charge is 0.391 e. The van der Waals surface area contributed by atoms with Crippen molar-refractivity contribution >= 4 is 11.8 Å². The van der Waals surface area contributed by atoms with Gasteiger partial charge in [0, 0.05) is 19.5 Å². The minimum absolute atomic E-state index is 0.182. The van der Waals surface area contributed by atoms with Gasteiger partial charge in [0.05, 0.1) is 6.10 Å². The van der Waals surface area contributed by atoms with E-state index in [2.05, 4.69) is 17.4 Å². The third-order valence-electron chi connectivity index (χ3n) is 5.42. The average molecular weight is 396 g/mol. The van der Waals surface area contributed by atoms with Crippen molar-refractivity contribution in [3.05, 3.63) is 71.3 Å². The van der Waals surface area contributed by atoms with E-state index in [0.29, 0.717) is 19.5 Å². The molecule has 1 aliphatic rings. The summed E-state index contributed by atoms with van der Waals surface area (Å²) in [4.78, 5) is 27.3. The lowest BCUT2D eigenvalue weighted by Crippen LogP contribution is -2.58. The number of nitrogens with zero attached hydrogens (tertiary/aromatic N) is 1. The van der Waals surface area contributed by atoms with E-state index in [1.807, 2.05) is 42.5 Å². The van der Waals surface area contributed by atoms with Gasteiger partial charge in [-0.15, -0.1) is 0 Å². The zero-order valence-corrected chi connectivity index (χ0v) is 16.8. The predicted molar refractivity (Wildman–Crippen MR) is 112 cm³/mol. The summed E-state index contributed by atoms with van der Waals surface area (Å²) < 4.78 is 0. The molecule has 154 valence electrons. The lowest BCUT2D eigenvalue weighted by atomic mass is 9.92. The van der Waals surface area contributed by atoms with Gasteiger partial charge in [0.1, 0.15) is 12.1 Å². The molecule has 0 radical (unpaired) electrons.